The minimum atomic E-state index is 0.700. The van der Waals surface area contributed by atoms with Crippen LogP contribution in [0.2, 0.25) is 0 Å². The van der Waals surface area contributed by atoms with Gasteiger partial charge in [0.25, 0.3) is 0 Å². The third kappa shape index (κ3) is 7.14. The van der Waals surface area contributed by atoms with Gasteiger partial charge in [0.1, 0.15) is 0 Å². The van der Waals surface area contributed by atoms with Crippen LogP contribution >= 0.6 is 0 Å². The van der Waals surface area contributed by atoms with Crippen molar-refractivity contribution in [3.63, 3.8) is 0 Å². The lowest BCUT2D eigenvalue weighted by Crippen LogP contribution is -2.18. The number of benzene rings is 5. The van der Waals surface area contributed by atoms with Gasteiger partial charge in [-0.25, -0.2) is 4.98 Å². The van der Waals surface area contributed by atoms with E-state index in [-0.39, 0.29) is 0 Å². The summed E-state index contributed by atoms with van der Waals surface area (Å²) in [6.45, 7) is 5.01. The highest BCUT2D eigenvalue weighted by Gasteiger charge is 2.18. The molecule has 0 unspecified atom stereocenters. The number of anilines is 2. The Kier molecular flexibility index (Phi) is 9.99. The zero-order valence-corrected chi connectivity index (χ0v) is 32.4. The zero-order valence-electron chi connectivity index (χ0n) is 32.4. The van der Waals surface area contributed by atoms with Crippen molar-refractivity contribution in [3.05, 3.63) is 205 Å². The van der Waals surface area contributed by atoms with Gasteiger partial charge in [0.05, 0.1) is 28.1 Å². The summed E-state index contributed by atoms with van der Waals surface area (Å²) in [5, 5.41) is 2.53. The fourth-order valence-electron chi connectivity index (χ4n) is 7.98. The summed E-state index contributed by atoms with van der Waals surface area (Å²) in [5.74, 6) is 0. The average molecular weight is 737 g/mol. The molecule has 0 N–H and O–H groups in total. The molecule has 3 aromatic heterocycles. The van der Waals surface area contributed by atoms with Crippen molar-refractivity contribution in [2.45, 2.75) is 26.7 Å². The molecule has 4 heteroatoms. The van der Waals surface area contributed by atoms with E-state index in [0.29, 0.717) is 6.54 Å². The Morgan fingerprint density at radius 3 is 2.11 bits per heavy atom. The first-order chi connectivity index (χ1) is 28.2. The molecule has 8 aromatic rings. The molecule has 0 radical (unpaired) electrons. The monoisotopic (exact) mass is 736 g/mol. The molecular weight excluding hydrogens is 693 g/mol. The second-order valence-corrected chi connectivity index (χ2v) is 14.4. The van der Waals surface area contributed by atoms with Gasteiger partial charge in [0.15, 0.2) is 0 Å². The van der Waals surface area contributed by atoms with Crippen LogP contribution in [0, 0.1) is 0 Å². The number of para-hydroxylation sites is 2. The standard InChI is InChI=1S/C53H44N4/c1-3-5-23-44(4-2)57-52-26-15-13-24-46(52)47-30-29-42(36-53(47)57)38-22-16-33-56(51-25-14-12-21-41(51)28-27-38)45-31-32-54-48(37-45)43-34-49(39-17-8-6-9-18-39)55-50(35-43)40-19-10-7-11-20-40/h4-27,29-32,34-37H,3,28,33H2,1-2H3/b22-16-,23-5-,38-27+,44-4+. The molecule has 1 aliphatic rings. The Hall–Kier alpha value is -7.04. The Bertz CT molecular complexity index is 2780. The summed E-state index contributed by atoms with van der Waals surface area (Å²) < 4.78 is 2.41. The number of hydrogen-bond acceptors (Lipinski definition) is 3. The summed E-state index contributed by atoms with van der Waals surface area (Å²) >= 11 is 0. The number of fused-ring (bicyclic) bond motifs is 4. The summed E-state index contributed by atoms with van der Waals surface area (Å²) in [4.78, 5) is 12.4. The number of aromatic nitrogens is 3. The molecule has 5 aromatic carbocycles. The lowest BCUT2D eigenvalue weighted by atomic mass is 10.00. The summed E-state index contributed by atoms with van der Waals surface area (Å²) in [6, 6.07) is 53.9. The zero-order chi connectivity index (χ0) is 38.6. The molecule has 0 aliphatic carbocycles. The van der Waals surface area contributed by atoms with Gasteiger partial charge in [-0.2, -0.15) is 0 Å². The van der Waals surface area contributed by atoms with Crippen LogP contribution in [0.25, 0.3) is 66.8 Å². The third-order valence-electron chi connectivity index (χ3n) is 10.8. The first-order valence-electron chi connectivity index (χ1n) is 19.9. The van der Waals surface area contributed by atoms with Crippen molar-refractivity contribution in [3.8, 4) is 33.8 Å². The quantitative estimate of drug-likeness (QED) is 0.146. The van der Waals surface area contributed by atoms with Crippen molar-refractivity contribution in [2.75, 3.05) is 11.4 Å². The van der Waals surface area contributed by atoms with Crippen LogP contribution in [0.4, 0.5) is 11.4 Å². The highest BCUT2D eigenvalue weighted by Crippen LogP contribution is 2.37. The molecule has 0 atom stereocenters. The lowest BCUT2D eigenvalue weighted by Gasteiger charge is -2.26. The van der Waals surface area contributed by atoms with E-state index in [2.05, 4.69) is 199 Å². The van der Waals surface area contributed by atoms with Crippen LogP contribution in [0.5, 0.6) is 0 Å². The minimum Gasteiger partial charge on any atom is -0.337 e. The molecule has 276 valence electrons. The molecule has 0 spiro atoms. The molecule has 9 rings (SSSR count). The van der Waals surface area contributed by atoms with Gasteiger partial charge in [-0.1, -0.05) is 146 Å². The normalized spacial score (nSPS) is 14.9. The topological polar surface area (TPSA) is 34.0 Å². The number of allylic oxidation sites excluding steroid dienone is 7. The highest BCUT2D eigenvalue weighted by molar-refractivity contribution is 6.11. The molecule has 57 heavy (non-hydrogen) atoms. The molecule has 1 aliphatic heterocycles. The van der Waals surface area contributed by atoms with Crippen LogP contribution in [0.15, 0.2) is 194 Å². The van der Waals surface area contributed by atoms with Gasteiger partial charge in [-0.3, -0.25) is 4.98 Å². The molecule has 4 heterocycles. The maximum absolute atomic E-state index is 5.10. The first-order valence-corrected chi connectivity index (χ1v) is 19.9. The fraction of sp³-hybridized carbons (Fsp3) is 0.0943. The van der Waals surface area contributed by atoms with Gasteiger partial charge in [-0.15, -0.1) is 0 Å². The minimum absolute atomic E-state index is 0.700. The fourth-order valence-corrected chi connectivity index (χ4v) is 7.98. The van der Waals surface area contributed by atoms with Crippen molar-refractivity contribution < 1.29 is 0 Å². The van der Waals surface area contributed by atoms with E-state index in [4.69, 9.17) is 9.97 Å². The largest absolute Gasteiger partial charge is 0.337 e. The Labute approximate surface area is 335 Å². The molecule has 0 saturated heterocycles. The van der Waals surface area contributed by atoms with E-state index in [1.807, 2.05) is 18.3 Å². The van der Waals surface area contributed by atoms with Gasteiger partial charge < -0.3 is 9.47 Å². The van der Waals surface area contributed by atoms with Crippen molar-refractivity contribution in [2.24, 2.45) is 0 Å². The molecule has 0 fully saturated rings. The number of rotatable bonds is 8. The van der Waals surface area contributed by atoms with E-state index < -0.39 is 0 Å². The summed E-state index contributed by atoms with van der Waals surface area (Å²) in [5.41, 5.74) is 15.5. The SMILES string of the molecule is C/C=C(\C=C/CC)n1c2ccccc2c2ccc(C3=C/Cc4ccccc4N(c4ccnc(-c5cc(-c6ccccc6)nc(-c6ccccc6)c5)c4)C/C=C\3)cc21. The second-order valence-electron chi connectivity index (χ2n) is 14.4. The van der Waals surface area contributed by atoms with Gasteiger partial charge >= 0.3 is 0 Å². The van der Waals surface area contributed by atoms with Crippen LogP contribution < -0.4 is 4.90 Å². The third-order valence-corrected chi connectivity index (χ3v) is 10.8. The Morgan fingerprint density at radius 2 is 1.35 bits per heavy atom. The summed E-state index contributed by atoms with van der Waals surface area (Å²) in [6.07, 6.45) is 17.4. The molecule has 0 saturated carbocycles. The smallest absolute Gasteiger partial charge is 0.0724 e. The average Bonchev–Trinajstić information content (AvgIpc) is 3.64. The Balaban J connectivity index is 1.10. The van der Waals surface area contributed by atoms with E-state index >= 15 is 0 Å². The number of hydrogen-bond donors (Lipinski definition) is 0. The van der Waals surface area contributed by atoms with Gasteiger partial charge in [0, 0.05) is 57.3 Å². The van der Waals surface area contributed by atoms with Crippen molar-refractivity contribution in [1.82, 2.24) is 14.5 Å². The highest BCUT2D eigenvalue weighted by atomic mass is 15.1. The second kappa shape index (κ2) is 16.0. The van der Waals surface area contributed by atoms with E-state index in [0.717, 1.165) is 52.3 Å². The predicted octanol–water partition coefficient (Wildman–Crippen LogP) is 13.7. The molecule has 0 amide bonds. The van der Waals surface area contributed by atoms with Crippen LogP contribution in [-0.2, 0) is 6.42 Å². The molecule has 4 nitrogen and oxygen atoms in total. The predicted molar refractivity (Wildman–Crippen MR) is 241 cm³/mol. The van der Waals surface area contributed by atoms with E-state index in [1.54, 1.807) is 0 Å². The number of nitrogens with zero attached hydrogens (tertiary/aromatic N) is 4. The number of pyridine rings is 2. The molecule has 0 bridgehead atoms. The first kappa shape index (κ1) is 35.6. The van der Waals surface area contributed by atoms with E-state index in [1.165, 1.54) is 49.9 Å². The van der Waals surface area contributed by atoms with Crippen molar-refractivity contribution in [1.29, 1.82) is 0 Å². The molecular formula is C53H44N4. The maximum Gasteiger partial charge on any atom is 0.0724 e. The van der Waals surface area contributed by atoms with Gasteiger partial charge in [-0.05, 0) is 85.0 Å². The summed E-state index contributed by atoms with van der Waals surface area (Å²) in [7, 11) is 0. The van der Waals surface area contributed by atoms with Crippen LogP contribution in [0.1, 0.15) is 31.4 Å². The van der Waals surface area contributed by atoms with E-state index in [9.17, 15) is 0 Å². The van der Waals surface area contributed by atoms with Crippen molar-refractivity contribution >= 4 is 44.5 Å². The maximum atomic E-state index is 5.10. The van der Waals surface area contributed by atoms with Gasteiger partial charge in [0.2, 0.25) is 0 Å². The Morgan fingerprint density at radius 1 is 0.649 bits per heavy atom. The van der Waals surface area contributed by atoms with Crippen LogP contribution in [0.3, 0.4) is 0 Å². The van der Waals surface area contributed by atoms with Crippen LogP contribution in [-0.4, -0.2) is 21.1 Å². The lowest BCUT2D eigenvalue weighted by molar-refractivity contribution is 1.07.